The molecule has 59 heavy (non-hydrogen) atoms. The lowest BCUT2D eigenvalue weighted by Gasteiger charge is -2.20. The van der Waals surface area contributed by atoms with E-state index < -0.39 is 51.8 Å². The van der Waals surface area contributed by atoms with Crippen molar-refractivity contribution in [1.82, 2.24) is 0 Å². The minimum absolute atomic E-state index is 0.175. The van der Waals surface area contributed by atoms with Gasteiger partial charge in [-0.1, -0.05) is 164 Å². The largest absolute Gasteiger partial charge is 0.472 e. The lowest BCUT2D eigenvalue weighted by molar-refractivity contribution is -0.161. The molecule has 0 bridgehead atoms. The van der Waals surface area contributed by atoms with Crippen molar-refractivity contribution in [2.45, 2.75) is 206 Å². The van der Waals surface area contributed by atoms with Gasteiger partial charge in [0.2, 0.25) is 0 Å². The number of unbranched alkanes of at least 4 members (excludes halogenated alkanes) is 19. The van der Waals surface area contributed by atoms with Gasteiger partial charge in [0, 0.05) is 12.8 Å². The van der Waals surface area contributed by atoms with Crippen molar-refractivity contribution in [3.8, 4) is 0 Å². The summed E-state index contributed by atoms with van der Waals surface area (Å²) in [7, 11) is -4.62. The van der Waals surface area contributed by atoms with Crippen LogP contribution in [0, 0.1) is 0 Å². The van der Waals surface area contributed by atoms with Gasteiger partial charge in [-0.15, -0.1) is 0 Å². The number of phosphoric ester groups is 1. The van der Waals surface area contributed by atoms with Crippen LogP contribution in [0.3, 0.4) is 0 Å². The molecule has 3 atom stereocenters. The molecule has 0 aliphatic heterocycles. The summed E-state index contributed by atoms with van der Waals surface area (Å²) in [5, 5.41) is 18.4. The van der Waals surface area contributed by atoms with Gasteiger partial charge in [-0.05, 0) is 77.0 Å². The second-order valence-electron chi connectivity index (χ2n) is 15.4. The highest BCUT2D eigenvalue weighted by molar-refractivity contribution is 7.47. The van der Waals surface area contributed by atoms with Crippen LogP contribution in [0.15, 0.2) is 60.8 Å². The van der Waals surface area contributed by atoms with Crippen LogP contribution in [0.2, 0.25) is 0 Å². The van der Waals surface area contributed by atoms with Gasteiger partial charge in [0.15, 0.2) is 6.10 Å². The maximum Gasteiger partial charge on any atom is 0.472 e. The van der Waals surface area contributed by atoms with Crippen LogP contribution in [0.4, 0.5) is 0 Å². The van der Waals surface area contributed by atoms with E-state index in [0.717, 1.165) is 89.9 Å². The van der Waals surface area contributed by atoms with E-state index in [9.17, 15) is 24.2 Å². The number of aliphatic hydroxyl groups excluding tert-OH is 2. The van der Waals surface area contributed by atoms with Crippen LogP contribution in [0.1, 0.15) is 194 Å². The van der Waals surface area contributed by atoms with Crippen LogP contribution < -0.4 is 0 Å². The Bertz CT molecular complexity index is 1160. The van der Waals surface area contributed by atoms with E-state index in [-0.39, 0.29) is 19.4 Å². The molecular formula is C48H85O10P. The molecule has 342 valence electrons. The van der Waals surface area contributed by atoms with Crippen LogP contribution in [0.25, 0.3) is 0 Å². The maximum absolute atomic E-state index is 12.6. The Hall–Kier alpha value is -2.33. The van der Waals surface area contributed by atoms with Gasteiger partial charge in [-0.25, -0.2) is 4.57 Å². The third kappa shape index (κ3) is 43.6. The van der Waals surface area contributed by atoms with Gasteiger partial charge in [0.05, 0.1) is 19.8 Å². The molecule has 0 saturated heterocycles. The molecule has 3 N–H and O–H groups in total. The highest BCUT2D eigenvalue weighted by atomic mass is 31.2. The summed E-state index contributed by atoms with van der Waals surface area (Å²) in [5.41, 5.74) is 0. The second-order valence-corrected chi connectivity index (χ2v) is 16.8. The number of carbonyl (C=O) groups is 2. The van der Waals surface area contributed by atoms with E-state index in [1.54, 1.807) is 0 Å². The zero-order valence-corrected chi connectivity index (χ0v) is 38.1. The van der Waals surface area contributed by atoms with E-state index >= 15 is 0 Å². The molecule has 0 amide bonds. The average Bonchev–Trinajstić information content (AvgIpc) is 3.22. The van der Waals surface area contributed by atoms with Crippen LogP contribution in [-0.2, 0) is 32.7 Å². The molecular weight excluding hydrogens is 767 g/mol. The van der Waals surface area contributed by atoms with E-state index in [0.29, 0.717) is 12.8 Å². The monoisotopic (exact) mass is 853 g/mol. The first-order valence-corrected chi connectivity index (χ1v) is 24.7. The van der Waals surface area contributed by atoms with Crippen molar-refractivity contribution in [2.75, 3.05) is 26.4 Å². The summed E-state index contributed by atoms with van der Waals surface area (Å²) in [6.45, 7) is 2.24. The third-order valence-electron chi connectivity index (χ3n) is 9.66. The Morgan fingerprint density at radius 1 is 0.525 bits per heavy atom. The van der Waals surface area contributed by atoms with Crippen LogP contribution >= 0.6 is 7.82 Å². The number of hydrogen-bond acceptors (Lipinski definition) is 9. The number of allylic oxidation sites excluding steroid dienone is 10. The normalized spacial score (nSPS) is 14.3. The molecule has 10 nitrogen and oxygen atoms in total. The smallest absolute Gasteiger partial charge is 0.462 e. The summed E-state index contributed by atoms with van der Waals surface area (Å²) in [5.74, 6) is -0.941. The summed E-state index contributed by atoms with van der Waals surface area (Å²) >= 11 is 0. The lowest BCUT2D eigenvalue weighted by atomic mass is 10.0. The first-order valence-electron chi connectivity index (χ1n) is 23.2. The van der Waals surface area contributed by atoms with Crippen molar-refractivity contribution in [3.63, 3.8) is 0 Å². The Balaban J connectivity index is 4.22. The van der Waals surface area contributed by atoms with Crippen molar-refractivity contribution in [3.05, 3.63) is 60.8 Å². The van der Waals surface area contributed by atoms with Crippen LogP contribution in [0.5, 0.6) is 0 Å². The van der Waals surface area contributed by atoms with Crippen LogP contribution in [-0.4, -0.2) is 65.7 Å². The number of carbonyl (C=O) groups excluding carboxylic acids is 2. The van der Waals surface area contributed by atoms with E-state index in [2.05, 4.69) is 74.6 Å². The molecule has 3 unspecified atom stereocenters. The Kier molecular flexibility index (Phi) is 42.0. The van der Waals surface area contributed by atoms with E-state index in [4.69, 9.17) is 23.6 Å². The fraction of sp³-hybridized carbons (Fsp3) is 0.750. The SMILES string of the molecule is CC/C=C\C/C=C\C/C=C\C/C=C\CCCCCCCCCCCCC(=O)OC(COC(=O)CCCCCCC/C=C\CCCCCC)COP(=O)(O)OCC(O)CO. The number of hydrogen-bond donors (Lipinski definition) is 3. The quantitative estimate of drug-likeness (QED) is 0.0234. The Morgan fingerprint density at radius 2 is 0.932 bits per heavy atom. The minimum atomic E-state index is -4.62. The summed E-state index contributed by atoms with van der Waals surface area (Å²) in [6.07, 6.45) is 49.0. The van der Waals surface area contributed by atoms with Gasteiger partial charge in [0.1, 0.15) is 12.7 Å². The number of esters is 2. The zero-order chi connectivity index (χ0) is 43.3. The zero-order valence-electron chi connectivity index (χ0n) is 37.2. The Labute approximate surface area is 359 Å². The first-order chi connectivity index (χ1) is 28.7. The van der Waals surface area contributed by atoms with Gasteiger partial charge in [0.25, 0.3) is 0 Å². The molecule has 0 aliphatic carbocycles. The topological polar surface area (TPSA) is 149 Å². The number of ether oxygens (including phenoxy) is 2. The fourth-order valence-corrected chi connectivity index (χ4v) is 6.89. The van der Waals surface area contributed by atoms with Gasteiger partial charge in [-0.3, -0.25) is 18.6 Å². The molecule has 0 saturated carbocycles. The molecule has 0 fully saturated rings. The molecule has 0 aromatic heterocycles. The molecule has 0 radical (unpaired) electrons. The van der Waals surface area contributed by atoms with Crippen molar-refractivity contribution < 1.29 is 47.8 Å². The van der Waals surface area contributed by atoms with Crippen molar-refractivity contribution >= 4 is 19.8 Å². The minimum Gasteiger partial charge on any atom is -0.462 e. The van der Waals surface area contributed by atoms with Crippen molar-refractivity contribution in [1.29, 1.82) is 0 Å². The number of rotatable bonds is 43. The van der Waals surface area contributed by atoms with Gasteiger partial charge in [-0.2, -0.15) is 0 Å². The predicted octanol–water partition coefficient (Wildman–Crippen LogP) is 12.7. The molecule has 11 heteroatoms. The highest BCUT2D eigenvalue weighted by Crippen LogP contribution is 2.43. The molecule has 0 heterocycles. The third-order valence-corrected chi connectivity index (χ3v) is 10.6. The van der Waals surface area contributed by atoms with Crippen molar-refractivity contribution in [2.24, 2.45) is 0 Å². The molecule has 0 rings (SSSR count). The molecule has 0 aliphatic rings. The predicted molar refractivity (Wildman–Crippen MR) is 242 cm³/mol. The number of aliphatic hydroxyl groups is 2. The summed E-state index contributed by atoms with van der Waals surface area (Å²) < 4.78 is 32.8. The highest BCUT2D eigenvalue weighted by Gasteiger charge is 2.27. The summed E-state index contributed by atoms with van der Waals surface area (Å²) in [6, 6.07) is 0. The Morgan fingerprint density at radius 3 is 1.42 bits per heavy atom. The summed E-state index contributed by atoms with van der Waals surface area (Å²) in [4.78, 5) is 35.0. The molecule has 0 aromatic rings. The van der Waals surface area contributed by atoms with Gasteiger partial charge >= 0.3 is 19.8 Å². The maximum atomic E-state index is 12.6. The van der Waals surface area contributed by atoms with Gasteiger partial charge < -0.3 is 24.6 Å². The lowest BCUT2D eigenvalue weighted by Crippen LogP contribution is -2.29. The first kappa shape index (κ1) is 56.7. The molecule has 0 aromatic carbocycles. The standard InChI is InChI=1S/C48H85O10P/c1-3-5-7-9-11-13-15-17-18-19-20-21-22-23-24-25-26-28-30-32-34-36-38-40-48(52)58-46(44-57-59(53,54)56-42-45(50)41-49)43-55-47(51)39-37-35-33-31-29-27-16-14-12-10-8-6-4-2/h5,7,11,13-14,16-18,20-21,45-46,49-50H,3-4,6,8-10,12,15,19,22-44H2,1-2H3,(H,53,54)/b7-5-,13-11-,16-14-,18-17-,21-20-. The average molecular weight is 853 g/mol. The van der Waals surface area contributed by atoms with E-state index in [1.807, 2.05) is 0 Å². The second kappa shape index (κ2) is 43.7. The fourth-order valence-electron chi connectivity index (χ4n) is 6.10. The van der Waals surface area contributed by atoms with E-state index in [1.165, 1.54) is 64.2 Å². The number of phosphoric acid groups is 1. The molecule has 0 spiro atoms.